The van der Waals surface area contributed by atoms with Crippen LogP contribution in [0.1, 0.15) is 20.9 Å². The summed E-state index contributed by atoms with van der Waals surface area (Å²) in [6.07, 6.45) is 1.37. The predicted octanol–water partition coefficient (Wildman–Crippen LogP) is 2.64. The molecule has 0 aliphatic rings. The lowest BCUT2D eigenvalue weighted by atomic mass is 10.1. The minimum atomic E-state index is -0.904. The van der Waals surface area contributed by atoms with Crippen LogP contribution in [0.4, 0.5) is 0 Å². The van der Waals surface area contributed by atoms with E-state index in [1.165, 1.54) is 11.3 Å². The van der Waals surface area contributed by atoms with Gasteiger partial charge in [-0.2, -0.15) is 0 Å². The summed E-state index contributed by atoms with van der Waals surface area (Å²) >= 11 is 1.17. The summed E-state index contributed by atoms with van der Waals surface area (Å²) in [5.41, 5.74) is 3.33. The van der Waals surface area contributed by atoms with Crippen molar-refractivity contribution in [1.29, 1.82) is 0 Å². The van der Waals surface area contributed by atoms with Crippen molar-refractivity contribution < 1.29 is 14.6 Å². The minimum absolute atomic E-state index is 0.331. The highest BCUT2D eigenvalue weighted by molar-refractivity contribution is 7.11. The van der Waals surface area contributed by atoms with Gasteiger partial charge in [0, 0.05) is 0 Å². The van der Waals surface area contributed by atoms with Gasteiger partial charge in [-0.25, -0.2) is 9.78 Å². The second-order valence-corrected chi connectivity index (χ2v) is 4.64. The number of aromatic nitrogens is 1. The monoisotopic (exact) mass is 263 g/mol. The van der Waals surface area contributed by atoms with Crippen molar-refractivity contribution in [1.82, 2.24) is 4.98 Å². The quantitative estimate of drug-likeness (QED) is 0.901. The van der Waals surface area contributed by atoms with E-state index in [1.807, 2.05) is 24.3 Å². The molecule has 5 heteroatoms. The van der Waals surface area contributed by atoms with Crippen LogP contribution in [-0.2, 0) is 12.8 Å². The third-order valence-corrected chi connectivity index (χ3v) is 3.48. The minimum Gasteiger partial charge on any atom is -0.497 e. The Morgan fingerprint density at radius 3 is 3.00 bits per heavy atom. The SMILES string of the molecule is COc1cccc(CCc2ncsc2C(=O)O)c1. The maximum Gasteiger partial charge on any atom is 0.347 e. The van der Waals surface area contributed by atoms with Crippen LogP contribution in [0.2, 0.25) is 0 Å². The second-order valence-electron chi connectivity index (χ2n) is 3.78. The molecule has 0 atom stereocenters. The van der Waals surface area contributed by atoms with Crippen LogP contribution >= 0.6 is 11.3 Å². The van der Waals surface area contributed by atoms with Crippen LogP contribution in [0.25, 0.3) is 0 Å². The molecule has 0 saturated heterocycles. The van der Waals surface area contributed by atoms with Gasteiger partial charge in [-0.15, -0.1) is 11.3 Å². The number of carboxylic acid groups (broad SMARTS) is 1. The van der Waals surface area contributed by atoms with Crippen LogP contribution in [0.15, 0.2) is 29.8 Å². The molecule has 0 bridgehead atoms. The summed E-state index contributed by atoms with van der Waals surface area (Å²) in [4.78, 5) is 15.4. The highest BCUT2D eigenvalue weighted by atomic mass is 32.1. The van der Waals surface area contributed by atoms with E-state index in [9.17, 15) is 4.79 Å². The van der Waals surface area contributed by atoms with Gasteiger partial charge < -0.3 is 9.84 Å². The van der Waals surface area contributed by atoms with E-state index in [0.29, 0.717) is 17.0 Å². The number of carboxylic acids is 1. The lowest BCUT2D eigenvalue weighted by Crippen LogP contribution is -2.01. The molecule has 0 fully saturated rings. The normalized spacial score (nSPS) is 10.3. The third kappa shape index (κ3) is 2.87. The van der Waals surface area contributed by atoms with Crippen LogP contribution < -0.4 is 4.74 Å². The number of benzene rings is 1. The maximum absolute atomic E-state index is 10.9. The van der Waals surface area contributed by atoms with Crippen molar-refractivity contribution >= 4 is 17.3 Å². The molecule has 1 N–H and O–H groups in total. The Balaban J connectivity index is 2.06. The van der Waals surface area contributed by atoms with Gasteiger partial charge in [0.05, 0.1) is 18.3 Å². The van der Waals surface area contributed by atoms with Gasteiger partial charge in [0.25, 0.3) is 0 Å². The van der Waals surface area contributed by atoms with Crippen molar-refractivity contribution in [3.05, 3.63) is 45.9 Å². The summed E-state index contributed by atoms with van der Waals surface area (Å²) in [5.74, 6) is -0.0950. The molecule has 0 aliphatic carbocycles. The van der Waals surface area contributed by atoms with Gasteiger partial charge in [-0.05, 0) is 30.5 Å². The standard InChI is InChI=1S/C13H13NO3S/c1-17-10-4-2-3-9(7-10)5-6-11-12(13(15)16)18-8-14-11/h2-4,7-8H,5-6H2,1H3,(H,15,16). The maximum atomic E-state index is 10.9. The molecule has 0 unspecified atom stereocenters. The summed E-state index contributed by atoms with van der Waals surface area (Å²) < 4.78 is 5.15. The average Bonchev–Trinajstić information content (AvgIpc) is 2.85. The fourth-order valence-corrected chi connectivity index (χ4v) is 2.39. The molecular weight excluding hydrogens is 250 g/mol. The molecule has 2 rings (SSSR count). The lowest BCUT2D eigenvalue weighted by molar-refractivity contribution is 0.0700. The number of rotatable bonds is 5. The van der Waals surface area contributed by atoms with Crippen LogP contribution in [-0.4, -0.2) is 23.2 Å². The molecule has 4 nitrogen and oxygen atoms in total. The Morgan fingerprint density at radius 1 is 1.44 bits per heavy atom. The number of carbonyl (C=O) groups is 1. The number of methoxy groups -OCH3 is 1. The van der Waals surface area contributed by atoms with Crippen molar-refractivity contribution in [2.45, 2.75) is 12.8 Å². The van der Waals surface area contributed by atoms with Gasteiger partial charge in [0.1, 0.15) is 10.6 Å². The van der Waals surface area contributed by atoms with Gasteiger partial charge in [-0.1, -0.05) is 12.1 Å². The summed E-state index contributed by atoms with van der Waals surface area (Å²) in [6, 6.07) is 7.75. The first kappa shape index (κ1) is 12.6. The first-order valence-corrected chi connectivity index (χ1v) is 6.37. The molecule has 0 aliphatic heterocycles. The fraction of sp³-hybridized carbons (Fsp3) is 0.231. The van der Waals surface area contributed by atoms with E-state index in [0.717, 1.165) is 17.7 Å². The number of thiazole rings is 1. The van der Waals surface area contributed by atoms with Gasteiger partial charge in [-0.3, -0.25) is 0 Å². The molecule has 1 heterocycles. The zero-order valence-electron chi connectivity index (χ0n) is 9.92. The zero-order chi connectivity index (χ0) is 13.0. The van der Waals surface area contributed by atoms with Gasteiger partial charge in [0.2, 0.25) is 0 Å². The number of nitrogens with zero attached hydrogens (tertiary/aromatic N) is 1. The van der Waals surface area contributed by atoms with E-state index in [1.54, 1.807) is 12.6 Å². The topological polar surface area (TPSA) is 59.4 Å². The summed E-state index contributed by atoms with van der Waals surface area (Å²) in [6.45, 7) is 0. The van der Waals surface area contributed by atoms with Gasteiger partial charge >= 0.3 is 5.97 Å². The van der Waals surface area contributed by atoms with Crippen molar-refractivity contribution in [3.8, 4) is 5.75 Å². The Morgan fingerprint density at radius 2 is 2.28 bits per heavy atom. The Bertz CT molecular complexity index is 551. The van der Waals surface area contributed by atoms with E-state index >= 15 is 0 Å². The van der Waals surface area contributed by atoms with E-state index in [2.05, 4.69) is 4.98 Å². The highest BCUT2D eigenvalue weighted by Gasteiger charge is 2.12. The van der Waals surface area contributed by atoms with E-state index in [-0.39, 0.29) is 0 Å². The van der Waals surface area contributed by atoms with E-state index in [4.69, 9.17) is 9.84 Å². The summed E-state index contributed by atoms with van der Waals surface area (Å²) in [5, 5.41) is 8.98. The van der Waals surface area contributed by atoms with Crippen molar-refractivity contribution in [2.75, 3.05) is 7.11 Å². The second kappa shape index (κ2) is 5.64. The number of aryl methyl sites for hydroxylation is 2. The zero-order valence-corrected chi connectivity index (χ0v) is 10.7. The van der Waals surface area contributed by atoms with Gasteiger partial charge in [0.15, 0.2) is 0 Å². The smallest absolute Gasteiger partial charge is 0.347 e. The molecule has 2 aromatic rings. The number of hydrogen-bond donors (Lipinski definition) is 1. The summed E-state index contributed by atoms with van der Waals surface area (Å²) in [7, 11) is 1.63. The van der Waals surface area contributed by atoms with Crippen LogP contribution in [0.5, 0.6) is 5.75 Å². The Labute approximate surface area is 109 Å². The Hall–Kier alpha value is -1.88. The molecule has 0 amide bonds. The molecule has 18 heavy (non-hydrogen) atoms. The first-order valence-electron chi connectivity index (χ1n) is 5.49. The van der Waals surface area contributed by atoms with Crippen LogP contribution in [0.3, 0.4) is 0 Å². The fourth-order valence-electron chi connectivity index (χ4n) is 1.71. The molecule has 0 saturated carbocycles. The van der Waals surface area contributed by atoms with E-state index < -0.39 is 5.97 Å². The molecule has 1 aromatic carbocycles. The predicted molar refractivity (Wildman–Crippen MR) is 69.5 cm³/mol. The third-order valence-electron chi connectivity index (χ3n) is 2.62. The number of ether oxygens (including phenoxy) is 1. The average molecular weight is 263 g/mol. The highest BCUT2D eigenvalue weighted by Crippen LogP contribution is 2.18. The van der Waals surface area contributed by atoms with Crippen LogP contribution in [0, 0.1) is 0 Å². The molecule has 1 aromatic heterocycles. The molecule has 0 radical (unpaired) electrons. The molecular formula is C13H13NO3S. The molecule has 94 valence electrons. The number of hydrogen-bond acceptors (Lipinski definition) is 4. The van der Waals surface area contributed by atoms with Crippen molar-refractivity contribution in [2.24, 2.45) is 0 Å². The lowest BCUT2D eigenvalue weighted by Gasteiger charge is -2.04. The largest absolute Gasteiger partial charge is 0.497 e. The first-order chi connectivity index (χ1) is 8.70. The Kier molecular flexibility index (Phi) is 3.94. The number of aromatic carboxylic acids is 1. The van der Waals surface area contributed by atoms with Crippen molar-refractivity contribution in [3.63, 3.8) is 0 Å². The molecule has 0 spiro atoms.